The van der Waals surface area contributed by atoms with Crippen LogP contribution in [0.1, 0.15) is 31.7 Å². The highest BCUT2D eigenvalue weighted by Crippen LogP contribution is 2.17. The molecule has 1 aliphatic heterocycles. The smallest absolute Gasteiger partial charge is 0.315 e. The largest absolute Gasteiger partial charge is 0.334 e. The van der Waals surface area contributed by atoms with Gasteiger partial charge in [-0.1, -0.05) is 26.0 Å². The predicted octanol–water partition coefficient (Wildman–Crippen LogP) is 1.23. The summed E-state index contributed by atoms with van der Waals surface area (Å²) in [7, 11) is -3.04. The molecule has 0 bridgehead atoms. The van der Waals surface area contributed by atoms with Crippen LogP contribution in [0.25, 0.3) is 0 Å². The van der Waals surface area contributed by atoms with Gasteiger partial charge >= 0.3 is 6.03 Å². The van der Waals surface area contributed by atoms with Crippen molar-refractivity contribution in [2.75, 3.05) is 23.4 Å². The summed E-state index contributed by atoms with van der Waals surface area (Å²) in [6, 6.07) is 6.60. The molecule has 8 heteroatoms. The number of carbonyl (C=O) groups is 2. The summed E-state index contributed by atoms with van der Waals surface area (Å²) in [4.78, 5) is 23.5. The molecule has 0 aromatic heterocycles. The molecule has 132 valence electrons. The molecule has 0 aliphatic carbocycles. The van der Waals surface area contributed by atoms with Gasteiger partial charge in [-0.15, -0.1) is 0 Å². The van der Waals surface area contributed by atoms with Crippen LogP contribution < -0.4 is 16.0 Å². The molecule has 1 aromatic carbocycles. The average molecular weight is 353 g/mol. The van der Waals surface area contributed by atoms with Gasteiger partial charge < -0.3 is 16.0 Å². The third-order valence-electron chi connectivity index (χ3n) is 3.84. The minimum atomic E-state index is -3.04. The second kappa shape index (κ2) is 7.65. The van der Waals surface area contributed by atoms with Crippen LogP contribution in [0.2, 0.25) is 0 Å². The first-order valence-corrected chi connectivity index (χ1v) is 9.72. The van der Waals surface area contributed by atoms with Gasteiger partial charge in [-0.05, 0) is 30.0 Å². The van der Waals surface area contributed by atoms with Crippen molar-refractivity contribution in [2.24, 2.45) is 0 Å². The Hall–Kier alpha value is -2.09. The van der Waals surface area contributed by atoms with E-state index in [2.05, 4.69) is 29.8 Å². The SMILES string of the molecule is CC(C)c1ccc(NC(=O)CNC(=O)N[C@@H]2CCS(=O)(=O)C2)cc1. The molecule has 2 rings (SSSR count). The second-order valence-corrected chi connectivity index (χ2v) is 8.48. The lowest BCUT2D eigenvalue weighted by atomic mass is 10.0. The molecule has 0 radical (unpaired) electrons. The summed E-state index contributed by atoms with van der Waals surface area (Å²) in [6.45, 7) is 3.99. The Bertz CT molecular complexity index is 699. The van der Waals surface area contributed by atoms with Crippen molar-refractivity contribution < 1.29 is 18.0 Å². The molecule has 1 heterocycles. The Morgan fingerprint density at radius 1 is 1.21 bits per heavy atom. The number of amides is 3. The molecule has 0 unspecified atom stereocenters. The molecule has 3 amide bonds. The minimum Gasteiger partial charge on any atom is -0.334 e. The van der Waals surface area contributed by atoms with Crippen molar-refractivity contribution in [3.05, 3.63) is 29.8 Å². The summed E-state index contributed by atoms with van der Waals surface area (Å²) in [5.41, 5.74) is 1.84. The maximum Gasteiger partial charge on any atom is 0.315 e. The van der Waals surface area contributed by atoms with Gasteiger partial charge in [-0.3, -0.25) is 4.79 Å². The van der Waals surface area contributed by atoms with Crippen LogP contribution in [-0.2, 0) is 14.6 Å². The molecular formula is C16H23N3O4S. The molecule has 7 nitrogen and oxygen atoms in total. The summed E-state index contributed by atoms with van der Waals surface area (Å²) in [5.74, 6) is 0.112. The van der Waals surface area contributed by atoms with Gasteiger partial charge in [0.15, 0.2) is 9.84 Å². The molecule has 3 N–H and O–H groups in total. The van der Waals surface area contributed by atoms with Crippen LogP contribution >= 0.6 is 0 Å². The van der Waals surface area contributed by atoms with Crippen molar-refractivity contribution in [3.8, 4) is 0 Å². The first kappa shape index (κ1) is 18.3. The molecule has 1 aromatic rings. The first-order valence-electron chi connectivity index (χ1n) is 7.90. The van der Waals surface area contributed by atoms with Crippen LogP contribution in [-0.4, -0.2) is 44.4 Å². The van der Waals surface area contributed by atoms with E-state index in [1.54, 1.807) is 0 Å². The van der Waals surface area contributed by atoms with Gasteiger partial charge in [0, 0.05) is 11.7 Å². The van der Waals surface area contributed by atoms with Crippen LogP contribution in [0.3, 0.4) is 0 Å². The fraction of sp³-hybridized carbons (Fsp3) is 0.500. The zero-order valence-electron chi connectivity index (χ0n) is 13.8. The van der Waals surface area contributed by atoms with Crippen molar-refractivity contribution >= 4 is 27.5 Å². The number of urea groups is 1. The van der Waals surface area contributed by atoms with E-state index in [1.165, 1.54) is 5.56 Å². The van der Waals surface area contributed by atoms with E-state index in [-0.39, 0.29) is 30.0 Å². The topological polar surface area (TPSA) is 104 Å². The Morgan fingerprint density at radius 3 is 2.42 bits per heavy atom. The van der Waals surface area contributed by atoms with Crippen LogP contribution in [0.4, 0.5) is 10.5 Å². The lowest BCUT2D eigenvalue weighted by Crippen LogP contribution is -2.45. The summed E-state index contributed by atoms with van der Waals surface area (Å²) >= 11 is 0. The molecule has 1 atom stereocenters. The fourth-order valence-corrected chi connectivity index (χ4v) is 4.14. The van der Waals surface area contributed by atoms with Gasteiger partial charge in [-0.25, -0.2) is 13.2 Å². The lowest BCUT2D eigenvalue weighted by molar-refractivity contribution is -0.115. The zero-order valence-corrected chi connectivity index (χ0v) is 14.7. The number of rotatable bonds is 5. The fourth-order valence-electron chi connectivity index (χ4n) is 2.46. The van der Waals surface area contributed by atoms with Gasteiger partial charge in [0.2, 0.25) is 5.91 Å². The number of hydrogen-bond acceptors (Lipinski definition) is 4. The Morgan fingerprint density at radius 2 is 1.88 bits per heavy atom. The molecule has 24 heavy (non-hydrogen) atoms. The van der Waals surface area contributed by atoms with E-state index in [0.717, 1.165) is 0 Å². The van der Waals surface area contributed by atoms with Gasteiger partial charge in [0.05, 0.1) is 18.1 Å². The van der Waals surface area contributed by atoms with Crippen molar-refractivity contribution in [1.82, 2.24) is 10.6 Å². The van der Waals surface area contributed by atoms with Gasteiger partial charge in [0.1, 0.15) is 0 Å². The highest BCUT2D eigenvalue weighted by molar-refractivity contribution is 7.91. The third kappa shape index (κ3) is 5.52. The monoisotopic (exact) mass is 353 g/mol. The summed E-state index contributed by atoms with van der Waals surface area (Å²) in [6.07, 6.45) is 0.407. The van der Waals surface area contributed by atoms with Crippen LogP contribution in [0.5, 0.6) is 0 Å². The standard InChI is InChI=1S/C16H23N3O4S/c1-11(2)12-3-5-13(6-4-12)18-15(20)9-17-16(21)19-14-7-8-24(22,23)10-14/h3-6,11,14H,7-10H2,1-2H3,(H,18,20)(H2,17,19,21)/t14-/m1/s1. The van der Waals surface area contributed by atoms with E-state index in [9.17, 15) is 18.0 Å². The van der Waals surface area contributed by atoms with E-state index < -0.39 is 15.9 Å². The van der Waals surface area contributed by atoms with Crippen molar-refractivity contribution in [1.29, 1.82) is 0 Å². The number of carbonyl (C=O) groups excluding carboxylic acids is 2. The number of sulfone groups is 1. The quantitative estimate of drug-likeness (QED) is 0.740. The van der Waals surface area contributed by atoms with Crippen molar-refractivity contribution in [3.63, 3.8) is 0 Å². The van der Waals surface area contributed by atoms with Crippen LogP contribution in [0, 0.1) is 0 Å². The highest BCUT2D eigenvalue weighted by atomic mass is 32.2. The summed E-state index contributed by atoms with van der Waals surface area (Å²) in [5, 5.41) is 7.69. The molecule has 0 saturated carbocycles. The normalized spacial score (nSPS) is 19.0. The third-order valence-corrected chi connectivity index (χ3v) is 5.61. The lowest BCUT2D eigenvalue weighted by Gasteiger charge is -2.12. The predicted molar refractivity (Wildman–Crippen MR) is 92.8 cm³/mol. The van der Waals surface area contributed by atoms with Gasteiger partial charge in [-0.2, -0.15) is 0 Å². The first-order chi connectivity index (χ1) is 11.2. The molecule has 1 aliphatic rings. The number of hydrogen-bond donors (Lipinski definition) is 3. The summed E-state index contributed by atoms with van der Waals surface area (Å²) < 4.78 is 22.6. The van der Waals surface area contributed by atoms with E-state index in [0.29, 0.717) is 18.0 Å². The van der Waals surface area contributed by atoms with Crippen LogP contribution in [0.15, 0.2) is 24.3 Å². The van der Waals surface area contributed by atoms with E-state index in [1.807, 2.05) is 24.3 Å². The number of anilines is 1. The molecule has 1 fully saturated rings. The van der Waals surface area contributed by atoms with Crippen molar-refractivity contribution in [2.45, 2.75) is 32.2 Å². The molecular weight excluding hydrogens is 330 g/mol. The Balaban J connectivity index is 1.73. The highest BCUT2D eigenvalue weighted by Gasteiger charge is 2.28. The van der Waals surface area contributed by atoms with E-state index >= 15 is 0 Å². The Kier molecular flexibility index (Phi) is 5.82. The maximum absolute atomic E-state index is 11.8. The second-order valence-electron chi connectivity index (χ2n) is 6.25. The molecule has 0 spiro atoms. The zero-order chi connectivity index (χ0) is 17.7. The Labute approximate surface area is 142 Å². The molecule has 1 saturated heterocycles. The number of benzene rings is 1. The average Bonchev–Trinajstić information content (AvgIpc) is 2.84. The van der Waals surface area contributed by atoms with E-state index in [4.69, 9.17) is 0 Å². The van der Waals surface area contributed by atoms with Gasteiger partial charge in [0.25, 0.3) is 0 Å². The minimum absolute atomic E-state index is 0.0468. The number of nitrogens with one attached hydrogen (secondary N) is 3. The maximum atomic E-state index is 11.8.